The Labute approximate surface area is 126 Å². The third-order valence-electron chi connectivity index (χ3n) is 4.78. The van der Waals surface area contributed by atoms with E-state index in [4.69, 9.17) is 0 Å². The highest BCUT2D eigenvalue weighted by Gasteiger charge is 2.31. The van der Waals surface area contributed by atoms with Gasteiger partial charge < -0.3 is 14.8 Å². The molecular weight excluding hydrogens is 262 g/mol. The number of hydrogen-bond acceptors (Lipinski definition) is 3. The second-order valence-electron chi connectivity index (χ2n) is 6.58. The van der Waals surface area contributed by atoms with Crippen LogP contribution in [0.25, 0.3) is 5.65 Å². The zero-order valence-electron chi connectivity index (χ0n) is 13.0. The average molecular weight is 287 g/mol. The van der Waals surface area contributed by atoms with E-state index in [2.05, 4.69) is 21.6 Å². The van der Waals surface area contributed by atoms with Crippen molar-refractivity contribution < 1.29 is 5.11 Å². The average Bonchev–Trinajstić information content (AvgIpc) is 2.79. The van der Waals surface area contributed by atoms with Gasteiger partial charge in [0.2, 0.25) is 0 Å². The van der Waals surface area contributed by atoms with Crippen molar-refractivity contribution in [1.29, 1.82) is 0 Å². The van der Waals surface area contributed by atoms with E-state index in [1.807, 2.05) is 31.3 Å². The lowest BCUT2D eigenvalue weighted by atomic mass is 9.79. The number of rotatable bonds is 4. The Kier molecular flexibility index (Phi) is 4.00. The van der Waals surface area contributed by atoms with Crippen molar-refractivity contribution in [1.82, 2.24) is 14.7 Å². The van der Waals surface area contributed by atoms with Crippen molar-refractivity contribution in [2.24, 2.45) is 5.92 Å². The van der Waals surface area contributed by atoms with Crippen LogP contribution in [0.15, 0.2) is 24.4 Å². The van der Waals surface area contributed by atoms with Crippen molar-refractivity contribution in [2.45, 2.75) is 51.7 Å². The summed E-state index contributed by atoms with van der Waals surface area (Å²) in [6, 6.07) is 6.05. The van der Waals surface area contributed by atoms with Gasteiger partial charge in [-0.25, -0.2) is 4.98 Å². The zero-order chi connectivity index (χ0) is 14.9. The molecule has 0 atom stereocenters. The van der Waals surface area contributed by atoms with Crippen LogP contribution in [-0.2, 0) is 6.54 Å². The quantitative estimate of drug-likeness (QED) is 0.909. The third kappa shape index (κ3) is 3.11. The summed E-state index contributed by atoms with van der Waals surface area (Å²) in [5.41, 5.74) is 2.69. The number of nitrogens with one attached hydrogen (secondary N) is 1. The van der Waals surface area contributed by atoms with Crippen LogP contribution in [0, 0.1) is 12.8 Å². The molecule has 0 saturated heterocycles. The van der Waals surface area contributed by atoms with Crippen molar-refractivity contribution >= 4 is 5.65 Å². The van der Waals surface area contributed by atoms with Crippen LogP contribution in [0.2, 0.25) is 0 Å². The van der Waals surface area contributed by atoms with Gasteiger partial charge in [-0.05, 0) is 50.7 Å². The van der Waals surface area contributed by atoms with Gasteiger partial charge in [-0.15, -0.1) is 0 Å². The predicted octanol–water partition coefficient (Wildman–Crippen LogP) is 2.67. The standard InChI is InChI=1S/C17H25N3O/c1-13-6-8-17(21,9-7-13)12-18-11-15-14(2)19-16-5-3-4-10-20(15)16/h3-5,10,13,18,21H,6-9,11-12H2,1-2H3. The minimum absolute atomic E-state index is 0.527. The highest BCUT2D eigenvalue weighted by molar-refractivity contribution is 5.42. The zero-order valence-corrected chi connectivity index (χ0v) is 13.0. The maximum atomic E-state index is 10.6. The van der Waals surface area contributed by atoms with Gasteiger partial charge in [-0.3, -0.25) is 0 Å². The monoisotopic (exact) mass is 287 g/mol. The predicted molar refractivity (Wildman–Crippen MR) is 84.2 cm³/mol. The highest BCUT2D eigenvalue weighted by atomic mass is 16.3. The van der Waals surface area contributed by atoms with Gasteiger partial charge in [-0.1, -0.05) is 13.0 Å². The number of nitrogens with zero attached hydrogens (tertiary/aromatic N) is 2. The molecule has 1 aliphatic carbocycles. The molecule has 2 aromatic rings. The Balaban J connectivity index is 1.63. The van der Waals surface area contributed by atoms with Crippen LogP contribution in [0.5, 0.6) is 0 Å². The Bertz CT molecular complexity index is 612. The van der Waals surface area contributed by atoms with E-state index in [9.17, 15) is 5.11 Å². The van der Waals surface area contributed by atoms with Crippen LogP contribution in [-0.4, -0.2) is 26.6 Å². The number of aryl methyl sites for hydroxylation is 1. The van der Waals surface area contributed by atoms with E-state index in [0.717, 1.165) is 49.5 Å². The SMILES string of the molecule is Cc1nc2ccccn2c1CNCC1(O)CCC(C)CC1. The Morgan fingerprint density at radius 3 is 2.90 bits per heavy atom. The number of hydrogen-bond donors (Lipinski definition) is 2. The summed E-state index contributed by atoms with van der Waals surface area (Å²) in [4.78, 5) is 4.57. The fourth-order valence-corrected chi connectivity index (χ4v) is 3.27. The van der Waals surface area contributed by atoms with Crippen LogP contribution in [0.3, 0.4) is 0 Å². The first-order valence-electron chi connectivity index (χ1n) is 7.93. The molecule has 3 rings (SSSR count). The van der Waals surface area contributed by atoms with Crippen molar-refractivity contribution in [3.63, 3.8) is 0 Å². The Morgan fingerprint density at radius 1 is 1.38 bits per heavy atom. The van der Waals surface area contributed by atoms with E-state index in [-0.39, 0.29) is 0 Å². The summed E-state index contributed by atoms with van der Waals surface area (Å²) in [6.07, 6.45) is 6.13. The first-order chi connectivity index (χ1) is 10.1. The maximum absolute atomic E-state index is 10.6. The lowest BCUT2D eigenvalue weighted by molar-refractivity contribution is -0.00637. The molecule has 0 bridgehead atoms. The molecule has 2 N–H and O–H groups in total. The fraction of sp³-hybridized carbons (Fsp3) is 0.588. The van der Waals surface area contributed by atoms with Crippen LogP contribution in [0.1, 0.15) is 44.0 Å². The summed E-state index contributed by atoms with van der Waals surface area (Å²) >= 11 is 0. The van der Waals surface area contributed by atoms with Gasteiger partial charge >= 0.3 is 0 Å². The molecule has 2 heterocycles. The van der Waals surface area contributed by atoms with E-state index < -0.39 is 5.60 Å². The molecule has 21 heavy (non-hydrogen) atoms. The first kappa shape index (κ1) is 14.5. The highest BCUT2D eigenvalue weighted by Crippen LogP contribution is 2.31. The summed E-state index contributed by atoms with van der Waals surface area (Å²) < 4.78 is 2.12. The number of aromatic nitrogens is 2. The minimum Gasteiger partial charge on any atom is -0.389 e. The van der Waals surface area contributed by atoms with Gasteiger partial charge in [0.05, 0.1) is 17.0 Å². The van der Waals surface area contributed by atoms with Crippen LogP contribution in [0.4, 0.5) is 0 Å². The lowest BCUT2D eigenvalue weighted by Gasteiger charge is -2.35. The molecule has 0 aromatic carbocycles. The summed E-state index contributed by atoms with van der Waals surface area (Å²) in [7, 11) is 0. The summed E-state index contributed by atoms with van der Waals surface area (Å²) in [5.74, 6) is 0.756. The molecule has 0 amide bonds. The summed E-state index contributed by atoms with van der Waals surface area (Å²) in [6.45, 7) is 5.73. The van der Waals surface area contributed by atoms with Crippen molar-refractivity contribution in [3.05, 3.63) is 35.8 Å². The molecule has 1 aliphatic rings. The molecule has 0 spiro atoms. The molecule has 4 heteroatoms. The van der Waals surface area contributed by atoms with Crippen molar-refractivity contribution in [2.75, 3.05) is 6.54 Å². The van der Waals surface area contributed by atoms with Gasteiger partial charge in [0.15, 0.2) is 0 Å². The van der Waals surface area contributed by atoms with Crippen molar-refractivity contribution in [3.8, 4) is 0 Å². The number of fused-ring (bicyclic) bond motifs is 1. The van der Waals surface area contributed by atoms with Gasteiger partial charge in [0, 0.05) is 19.3 Å². The Hall–Kier alpha value is -1.39. The number of pyridine rings is 1. The number of aliphatic hydroxyl groups is 1. The molecule has 2 aromatic heterocycles. The smallest absolute Gasteiger partial charge is 0.137 e. The fourth-order valence-electron chi connectivity index (χ4n) is 3.27. The third-order valence-corrected chi connectivity index (χ3v) is 4.78. The molecule has 4 nitrogen and oxygen atoms in total. The molecule has 0 aliphatic heterocycles. The van der Waals surface area contributed by atoms with E-state index >= 15 is 0 Å². The van der Waals surface area contributed by atoms with E-state index in [1.165, 1.54) is 5.69 Å². The molecule has 0 radical (unpaired) electrons. The maximum Gasteiger partial charge on any atom is 0.137 e. The van der Waals surface area contributed by atoms with Crippen LogP contribution >= 0.6 is 0 Å². The van der Waals surface area contributed by atoms with Gasteiger partial charge in [-0.2, -0.15) is 0 Å². The minimum atomic E-state index is -0.527. The normalized spacial score (nSPS) is 26.3. The molecule has 1 saturated carbocycles. The first-order valence-corrected chi connectivity index (χ1v) is 7.93. The van der Waals surface area contributed by atoms with Gasteiger partial charge in [0.1, 0.15) is 5.65 Å². The van der Waals surface area contributed by atoms with Crippen LogP contribution < -0.4 is 5.32 Å². The summed E-state index contributed by atoms with van der Waals surface area (Å²) in [5, 5.41) is 14.1. The van der Waals surface area contributed by atoms with E-state index in [1.54, 1.807) is 0 Å². The molecule has 114 valence electrons. The molecule has 0 unspecified atom stereocenters. The van der Waals surface area contributed by atoms with E-state index in [0.29, 0.717) is 6.54 Å². The lowest BCUT2D eigenvalue weighted by Crippen LogP contribution is -2.43. The molecular formula is C17H25N3O. The second kappa shape index (κ2) is 5.78. The molecule has 1 fully saturated rings. The largest absolute Gasteiger partial charge is 0.389 e. The number of imidazole rings is 1. The van der Waals surface area contributed by atoms with Gasteiger partial charge in [0.25, 0.3) is 0 Å². The Morgan fingerprint density at radius 2 is 2.14 bits per heavy atom. The second-order valence-corrected chi connectivity index (χ2v) is 6.58. The topological polar surface area (TPSA) is 49.6 Å².